The minimum Gasteiger partial charge on any atom is -0.272 e. The Bertz CT molecular complexity index is 565. The zero-order valence-electron chi connectivity index (χ0n) is 9.93. The normalized spacial score (nSPS) is 12.3. The van der Waals surface area contributed by atoms with E-state index in [0.717, 1.165) is 31.2 Å². The van der Waals surface area contributed by atoms with E-state index in [9.17, 15) is 26.4 Å². The van der Waals surface area contributed by atoms with E-state index in [1.807, 2.05) is 0 Å². The summed E-state index contributed by atoms with van der Waals surface area (Å²) in [6.07, 6.45) is -3.80. The molecular weight excluding hydrogens is 287 g/mol. The lowest BCUT2D eigenvalue weighted by molar-refractivity contribution is -0.137. The highest BCUT2D eigenvalue weighted by atomic mass is 32.2. The minimum atomic E-state index is -4.52. The molecule has 0 aliphatic rings. The first-order chi connectivity index (χ1) is 8.50. The van der Waals surface area contributed by atoms with Crippen LogP contribution in [0, 0.1) is 0 Å². The number of carbonyl (C=O) groups excluding carboxylic acids is 1. The van der Waals surface area contributed by atoms with Gasteiger partial charge in [-0.25, -0.2) is 0 Å². The van der Waals surface area contributed by atoms with Crippen molar-refractivity contribution >= 4 is 21.7 Å². The Morgan fingerprint density at radius 2 is 1.68 bits per heavy atom. The molecule has 1 aromatic carbocycles. The van der Waals surface area contributed by atoms with E-state index in [1.165, 1.54) is 0 Å². The number of hydrogen-bond acceptors (Lipinski definition) is 4. The lowest BCUT2D eigenvalue weighted by Crippen LogP contribution is -2.31. The molecule has 0 aromatic heterocycles. The molecule has 0 spiro atoms. The largest absolute Gasteiger partial charge is 0.416 e. The number of alkyl halides is 3. The maximum atomic E-state index is 12.3. The Kier molecular flexibility index (Phi) is 4.21. The summed E-state index contributed by atoms with van der Waals surface area (Å²) in [4.78, 5) is 11.2. The van der Waals surface area contributed by atoms with Crippen LogP contribution < -0.4 is 5.06 Å². The van der Waals surface area contributed by atoms with Crippen molar-refractivity contribution in [3.05, 3.63) is 29.8 Å². The van der Waals surface area contributed by atoms with Gasteiger partial charge in [0.1, 0.15) is 0 Å². The van der Waals surface area contributed by atoms with Crippen molar-refractivity contribution in [3.8, 4) is 0 Å². The second-order valence-electron chi connectivity index (χ2n) is 3.64. The molecule has 9 heteroatoms. The first-order valence-corrected chi connectivity index (χ1v) is 6.70. The monoisotopic (exact) mass is 297 g/mol. The SMILES string of the molecule is CC(=O)N(OS(C)(=O)=O)c1ccc(C(F)(F)F)cc1. The molecule has 19 heavy (non-hydrogen) atoms. The number of amides is 1. The molecule has 0 heterocycles. The van der Waals surface area contributed by atoms with Gasteiger partial charge in [-0.2, -0.15) is 26.7 Å². The molecule has 0 fully saturated rings. The van der Waals surface area contributed by atoms with Crippen molar-refractivity contribution in [2.75, 3.05) is 11.3 Å². The molecule has 0 radical (unpaired) electrons. The van der Waals surface area contributed by atoms with Crippen LogP contribution >= 0.6 is 0 Å². The maximum Gasteiger partial charge on any atom is 0.416 e. The molecule has 0 aliphatic carbocycles. The van der Waals surface area contributed by atoms with Gasteiger partial charge in [-0.05, 0) is 24.3 Å². The van der Waals surface area contributed by atoms with Crippen LogP contribution in [0.4, 0.5) is 18.9 Å². The van der Waals surface area contributed by atoms with Crippen LogP contribution in [0.3, 0.4) is 0 Å². The van der Waals surface area contributed by atoms with Crippen molar-refractivity contribution in [1.82, 2.24) is 0 Å². The molecule has 1 amide bonds. The van der Waals surface area contributed by atoms with Gasteiger partial charge in [0, 0.05) is 6.92 Å². The van der Waals surface area contributed by atoms with Crippen LogP contribution in [-0.4, -0.2) is 20.6 Å². The van der Waals surface area contributed by atoms with Gasteiger partial charge in [-0.3, -0.25) is 4.79 Å². The highest BCUT2D eigenvalue weighted by Crippen LogP contribution is 2.30. The standard InChI is InChI=1S/C10H10F3NO4S/c1-7(15)14(18-19(2,16)17)9-5-3-8(4-6-9)10(11,12)13/h3-6H,1-2H3. The molecule has 0 saturated heterocycles. The third kappa shape index (κ3) is 4.52. The van der Waals surface area contributed by atoms with Crippen molar-refractivity contribution < 1.29 is 30.7 Å². The lowest BCUT2D eigenvalue weighted by Gasteiger charge is -2.18. The Morgan fingerprint density at radius 1 is 1.21 bits per heavy atom. The number of halogens is 3. The molecule has 5 nitrogen and oxygen atoms in total. The Hall–Kier alpha value is -1.61. The second-order valence-corrected chi connectivity index (χ2v) is 5.19. The predicted molar refractivity (Wildman–Crippen MR) is 60.5 cm³/mol. The third-order valence-electron chi connectivity index (χ3n) is 1.93. The van der Waals surface area contributed by atoms with E-state index < -0.39 is 27.8 Å². The topological polar surface area (TPSA) is 63.7 Å². The number of nitrogens with zero attached hydrogens (tertiary/aromatic N) is 1. The molecule has 0 saturated carbocycles. The smallest absolute Gasteiger partial charge is 0.272 e. The molecule has 0 bridgehead atoms. The molecule has 1 rings (SSSR count). The summed E-state index contributed by atoms with van der Waals surface area (Å²) in [5.74, 6) is -0.787. The quantitative estimate of drug-likeness (QED) is 0.800. The van der Waals surface area contributed by atoms with Crippen molar-refractivity contribution in [3.63, 3.8) is 0 Å². The number of rotatable bonds is 3. The van der Waals surface area contributed by atoms with E-state index in [-0.39, 0.29) is 5.69 Å². The Balaban J connectivity index is 3.09. The van der Waals surface area contributed by atoms with Gasteiger partial charge in [-0.15, -0.1) is 4.28 Å². The zero-order valence-corrected chi connectivity index (χ0v) is 10.7. The summed E-state index contributed by atoms with van der Waals surface area (Å²) in [5, 5.41) is 0.398. The first-order valence-electron chi connectivity index (χ1n) is 4.88. The van der Waals surface area contributed by atoms with Crippen LogP contribution in [0.5, 0.6) is 0 Å². The molecular formula is C10H10F3NO4S. The summed E-state index contributed by atoms with van der Waals surface area (Å²) < 4.78 is 63.3. The molecule has 0 atom stereocenters. The number of hydroxylamine groups is 1. The van der Waals surface area contributed by atoms with Gasteiger partial charge in [0.25, 0.3) is 10.1 Å². The summed E-state index contributed by atoms with van der Waals surface area (Å²) in [6.45, 7) is 1.02. The second kappa shape index (κ2) is 5.17. The summed E-state index contributed by atoms with van der Waals surface area (Å²) >= 11 is 0. The predicted octanol–water partition coefficient (Wildman–Crippen LogP) is 1.95. The fraction of sp³-hybridized carbons (Fsp3) is 0.300. The number of carbonyl (C=O) groups is 1. The zero-order chi connectivity index (χ0) is 14.8. The van der Waals surface area contributed by atoms with Crippen molar-refractivity contribution in [2.45, 2.75) is 13.1 Å². The Labute approximate surface area is 107 Å². The highest BCUT2D eigenvalue weighted by molar-refractivity contribution is 7.86. The van der Waals surface area contributed by atoms with E-state index in [0.29, 0.717) is 11.3 Å². The molecule has 0 unspecified atom stereocenters. The molecule has 0 N–H and O–H groups in total. The fourth-order valence-corrected chi connectivity index (χ4v) is 1.66. The van der Waals surface area contributed by atoms with Gasteiger partial charge in [0.2, 0.25) is 5.91 Å². The third-order valence-corrected chi connectivity index (χ3v) is 2.34. The van der Waals surface area contributed by atoms with Crippen LogP contribution in [0.15, 0.2) is 24.3 Å². The average Bonchev–Trinajstić information content (AvgIpc) is 2.23. The van der Waals surface area contributed by atoms with E-state index in [4.69, 9.17) is 0 Å². The van der Waals surface area contributed by atoms with Gasteiger partial charge in [-0.1, -0.05) is 0 Å². The van der Waals surface area contributed by atoms with E-state index in [2.05, 4.69) is 4.28 Å². The van der Waals surface area contributed by atoms with Crippen LogP contribution in [0.2, 0.25) is 0 Å². The van der Waals surface area contributed by atoms with Crippen molar-refractivity contribution in [2.24, 2.45) is 0 Å². The number of hydrogen-bond donors (Lipinski definition) is 0. The van der Waals surface area contributed by atoms with E-state index >= 15 is 0 Å². The summed E-state index contributed by atoms with van der Waals surface area (Å²) in [6, 6.07) is 3.32. The van der Waals surface area contributed by atoms with Gasteiger partial charge in [0.15, 0.2) is 0 Å². The maximum absolute atomic E-state index is 12.3. The van der Waals surface area contributed by atoms with Crippen molar-refractivity contribution in [1.29, 1.82) is 0 Å². The fourth-order valence-electron chi connectivity index (χ4n) is 1.20. The first kappa shape index (κ1) is 15.4. The number of anilines is 1. The average molecular weight is 297 g/mol. The molecule has 1 aromatic rings. The minimum absolute atomic E-state index is 0.120. The Morgan fingerprint density at radius 3 is 2.00 bits per heavy atom. The van der Waals surface area contributed by atoms with Gasteiger partial charge >= 0.3 is 6.18 Å². The van der Waals surface area contributed by atoms with Crippen LogP contribution in [0.1, 0.15) is 12.5 Å². The molecule has 0 aliphatic heterocycles. The summed E-state index contributed by atoms with van der Waals surface area (Å²) in [5.41, 5.74) is -1.04. The van der Waals surface area contributed by atoms with Crippen LogP contribution in [-0.2, 0) is 25.4 Å². The molecule has 106 valence electrons. The van der Waals surface area contributed by atoms with Crippen LogP contribution in [0.25, 0.3) is 0 Å². The van der Waals surface area contributed by atoms with Gasteiger partial charge < -0.3 is 0 Å². The van der Waals surface area contributed by atoms with Gasteiger partial charge in [0.05, 0.1) is 17.5 Å². The highest BCUT2D eigenvalue weighted by Gasteiger charge is 2.30. The lowest BCUT2D eigenvalue weighted by atomic mass is 10.2. The number of benzene rings is 1. The van der Waals surface area contributed by atoms with E-state index in [1.54, 1.807) is 0 Å². The summed E-state index contributed by atoms with van der Waals surface area (Å²) in [7, 11) is -3.97.